The van der Waals surface area contributed by atoms with Crippen molar-refractivity contribution in [2.24, 2.45) is 0 Å². The van der Waals surface area contributed by atoms with Gasteiger partial charge in [0.15, 0.2) is 0 Å². The third-order valence-corrected chi connectivity index (χ3v) is 4.19. The highest BCUT2D eigenvalue weighted by Crippen LogP contribution is 2.26. The number of hydrogen-bond acceptors (Lipinski definition) is 3. The monoisotopic (exact) mass is 260 g/mol. The van der Waals surface area contributed by atoms with Gasteiger partial charge in [0, 0.05) is 31.4 Å². The zero-order chi connectivity index (χ0) is 13.1. The summed E-state index contributed by atoms with van der Waals surface area (Å²) in [6, 6.07) is 9.24. The van der Waals surface area contributed by atoms with Crippen LogP contribution in [0.15, 0.2) is 24.3 Å². The second-order valence-electron chi connectivity index (χ2n) is 5.68. The maximum absolute atomic E-state index is 5.78. The van der Waals surface area contributed by atoms with E-state index in [0.29, 0.717) is 12.1 Å². The number of benzene rings is 1. The summed E-state index contributed by atoms with van der Waals surface area (Å²) in [5.74, 6) is 0. The van der Waals surface area contributed by atoms with Crippen molar-refractivity contribution in [1.29, 1.82) is 0 Å². The van der Waals surface area contributed by atoms with Crippen molar-refractivity contribution in [3.8, 4) is 0 Å². The first-order valence-corrected chi connectivity index (χ1v) is 7.53. The Hall–Kier alpha value is -1.06. The molecule has 1 aromatic rings. The fourth-order valence-corrected chi connectivity index (χ4v) is 3.35. The van der Waals surface area contributed by atoms with E-state index in [2.05, 4.69) is 41.4 Å². The molecule has 0 aromatic heterocycles. The highest BCUT2D eigenvalue weighted by Gasteiger charge is 2.25. The molecule has 2 aliphatic heterocycles. The topological polar surface area (TPSA) is 24.5 Å². The van der Waals surface area contributed by atoms with Crippen LogP contribution in [0, 0.1) is 0 Å². The van der Waals surface area contributed by atoms with Gasteiger partial charge >= 0.3 is 0 Å². The SMILES string of the molecule is CCOC1CCCN(CC2Cc3ccccc3N2)C1. The normalized spacial score (nSPS) is 27.0. The van der Waals surface area contributed by atoms with Crippen LogP contribution >= 0.6 is 0 Å². The summed E-state index contributed by atoms with van der Waals surface area (Å²) in [7, 11) is 0. The van der Waals surface area contributed by atoms with Gasteiger partial charge in [-0.15, -0.1) is 0 Å². The van der Waals surface area contributed by atoms with Crippen LogP contribution in [-0.2, 0) is 11.2 Å². The van der Waals surface area contributed by atoms with Gasteiger partial charge in [-0.1, -0.05) is 18.2 Å². The van der Waals surface area contributed by atoms with E-state index in [0.717, 1.165) is 26.1 Å². The molecule has 19 heavy (non-hydrogen) atoms. The first kappa shape index (κ1) is 12.9. The molecule has 3 nitrogen and oxygen atoms in total. The average molecular weight is 260 g/mol. The molecule has 0 spiro atoms. The third kappa shape index (κ3) is 3.10. The van der Waals surface area contributed by atoms with Crippen molar-refractivity contribution in [1.82, 2.24) is 4.90 Å². The Labute approximate surface area is 115 Å². The number of nitrogens with zero attached hydrogens (tertiary/aromatic N) is 1. The zero-order valence-electron chi connectivity index (χ0n) is 11.8. The number of rotatable bonds is 4. The van der Waals surface area contributed by atoms with Crippen LogP contribution < -0.4 is 5.32 Å². The van der Waals surface area contributed by atoms with E-state index in [1.165, 1.54) is 30.6 Å². The second-order valence-corrected chi connectivity index (χ2v) is 5.68. The molecular weight excluding hydrogens is 236 g/mol. The number of fused-ring (bicyclic) bond motifs is 1. The molecule has 0 bridgehead atoms. The van der Waals surface area contributed by atoms with E-state index in [1.54, 1.807) is 0 Å². The van der Waals surface area contributed by atoms with Crippen molar-refractivity contribution < 1.29 is 4.74 Å². The summed E-state index contributed by atoms with van der Waals surface area (Å²) >= 11 is 0. The Kier molecular flexibility index (Phi) is 4.04. The highest BCUT2D eigenvalue weighted by molar-refractivity contribution is 5.56. The summed E-state index contributed by atoms with van der Waals surface area (Å²) in [6.45, 7) is 6.39. The van der Waals surface area contributed by atoms with Crippen LogP contribution in [0.5, 0.6) is 0 Å². The Bertz CT molecular complexity index is 394. The van der Waals surface area contributed by atoms with Gasteiger partial charge in [0.2, 0.25) is 0 Å². The summed E-state index contributed by atoms with van der Waals surface area (Å²) < 4.78 is 5.78. The Balaban J connectivity index is 1.53. The fourth-order valence-electron chi connectivity index (χ4n) is 3.35. The molecule has 104 valence electrons. The average Bonchev–Trinajstić information content (AvgIpc) is 2.81. The largest absolute Gasteiger partial charge is 0.380 e. The van der Waals surface area contributed by atoms with Crippen LogP contribution in [0.1, 0.15) is 25.3 Å². The van der Waals surface area contributed by atoms with Gasteiger partial charge in [0.25, 0.3) is 0 Å². The van der Waals surface area contributed by atoms with E-state index in [4.69, 9.17) is 4.74 Å². The molecule has 2 atom stereocenters. The molecule has 1 fully saturated rings. The Morgan fingerprint density at radius 1 is 1.37 bits per heavy atom. The molecule has 0 radical (unpaired) electrons. The highest BCUT2D eigenvalue weighted by atomic mass is 16.5. The van der Waals surface area contributed by atoms with Crippen molar-refractivity contribution in [2.75, 3.05) is 31.6 Å². The van der Waals surface area contributed by atoms with Crippen LogP contribution in [0.3, 0.4) is 0 Å². The lowest BCUT2D eigenvalue weighted by Gasteiger charge is -2.34. The van der Waals surface area contributed by atoms with Crippen molar-refractivity contribution in [2.45, 2.75) is 38.3 Å². The van der Waals surface area contributed by atoms with E-state index in [1.807, 2.05) is 0 Å². The lowest BCUT2D eigenvalue weighted by atomic mass is 10.1. The van der Waals surface area contributed by atoms with Gasteiger partial charge in [0.05, 0.1) is 6.10 Å². The number of likely N-dealkylation sites (tertiary alicyclic amines) is 1. The van der Waals surface area contributed by atoms with E-state index in [9.17, 15) is 0 Å². The zero-order valence-corrected chi connectivity index (χ0v) is 11.8. The molecule has 2 heterocycles. The summed E-state index contributed by atoms with van der Waals surface area (Å²) in [4.78, 5) is 2.56. The van der Waals surface area contributed by atoms with Crippen molar-refractivity contribution >= 4 is 5.69 Å². The van der Waals surface area contributed by atoms with Crippen LogP contribution in [0.25, 0.3) is 0 Å². The number of nitrogens with one attached hydrogen (secondary N) is 1. The van der Waals surface area contributed by atoms with Crippen molar-refractivity contribution in [3.63, 3.8) is 0 Å². The smallest absolute Gasteiger partial charge is 0.0702 e. The van der Waals surface area contributed by atoms with E-state index in [-0.39, 0.29) is 0 Å². The quantitative estimate of drug-likeness (QED) is 0.900. The van der Waals surface area contributed by atoms with Crippen LogP contribution in [0.2, 0.25) is 0 Å². The third-order valence-electron chi connectivity index (χ3n) is 4.19. The minimum absolute atomic E-state index is 0.447. The summed E-state index contributed by atoms with van der Waals surface area (Å²) in [6.07, 6.45) is 4.10. The molecule has 3 heteroatoms. The number of piperidine rings is 1. The van der Waals surface area contributed by atoms with Gasteiger partial charge in [-0.05, 0) is 44.4 Å². The van der Waals surface area contributed by atoms with Crippen LogP contribution in [-0.4, -0.2) is 43.3 Å². The first-order chi connectivity index (χ1) is 9.35. The minimum Gasteiger partial charge on any atom is -0.380 e. The van der Waals surface area contributed by atoms with E-state index < -0.39 is 0 Å². The van der Waals surface area contributed by atoms with Crippen molar-refractivity contribution in [3.05, 3.63) is 29.8 Å². The summed E-state index contributed by atoms with van der Waals surface area (Å²) in [5, 5.41) is 3.65. The number of para-hydroxylation sites is 1. The maximum Gasteiger partial charge on any atom is 0.0702 e. The molecule has 1 aromatic carbocycles. The standard InChI is InChI=1S/C16H24N2O/c1-2-19-15-7-5-9-18(12-15)11-14-10-13-6-3-4-8-16(13)17-14/h3-4,6,8,14-15,17H,2,5,7,9-12H2,1H3. The van der Waals surface area contributed by atoms with Gasteiger partial charge in [-0.2, -0.15) is 0 Å². The Morgan fingerprint density at radius 3 is 3.11 bits per heavy atom. The lowest BCUT2D eigenvalue weighted by Crippen LogP contribution is -2.44. The molecular formula is C16H24N2O. The first-order valence-electron chi connectivity index (χ1n) is 7.53. The van der Waals surface area contributed by atoms with Gasteiger partial charge in [-0.3, -0.25) is 4.90 Å². The maximum atomic E-state index is 5.78. The molecule has 0 amide bonds. The fraction of sp³-hybridized carbons (Fsp3) is 0.625. The summed E-state index contributed by atoms with van der Waals surface area (Å²) in [5.41, 5.74) is 2.79. The molecule has 1 saturated heterocycles. The lowest BCUT2D eigenvalue weighted by molar-refractivity contribution is 0.00517. The second kappa shape index (κ2) is 5.93. The number of anilines is 1. The van der Waals surface area contributed by atoms with Crippen LogP contribution in [0.4, 0.5) is 5.69 Å². The van der Waals surface area contributed by atoms with Gasteiger partial charge in [-0.25, -0.2) is 0 Å². The molecule has 1 N–H and O–H groups in total. The Morgan fingerprint density at radius 2 is 2.26 bits per heavy atom. The molecule has 3 rings (SSSR count). The van der Waals surface area contributed by atoms with Gasteiger partial charge < -0.3 is 10.1 Å². The molecule has 2 aliphatic rings. The van der Waals surface area contributed by atoms with Gasteiger partial charge in [0.1, 0.15) is 0 Å². The van der Waals surface area contributed by atoms with E-state index >= 15 is 0 Å². The number of hydrogen-bond donors (Lipinski definition) is 1. The molecule has 2 unspecified atom stereocenters. The predicted molar refractivity (Wildman–Crippen MR) is 78.6 cm³/mol. The number of ether oxygens (including phenoxy) is 1. The molecule has 0 aliphatic carbocycles. The predicted octanol–water partition coefficient (Wildman–Crippen LogP) is 2.52. The molecule has 0 saturated carbocycles. The minimum atomic E-state index is 0.447.